The van der Waals surface area contributed by atoms with Crippen LogP contribution in [0.4, 0.5) is 0 Å². The zero-order chi connectivity index (χ0) is 15.3. The minimum Gasteiger partial charge on any atom is -0.444 e. The van der Waals surface area contributed by atoms with Crippen molar-refractivity contribution >= 4 is 48.0 Å². The highest BCUT2D eigenvalue weighted by Crippen LogP contribution is 2.46. The smallest absolute Gasteiger partial charge is 0.181 e. The number of aryl methyl sites for hydroxylation is 2. The SMILES string of the molecule is Cc1c(Br)sc2sc(-c3ccc(-c4cnco4)cc3)c(C)c12. The Hall–Kier alpha value is -1.43. The van der Waals surface area contributed by atoms with Crippen molar-refractivity contribution in [2.75, 3.05) is 0 Å². The number of halogens is 1. The Kier molecular flexibility index (Phi) is 3.44. The molecule has 0 aliphatic carbocycles. The van der Waals surface area contributed by atoms with Crippen molar-refractivity contribution in [1.82, 2.24) is 4.98 Å². The Morgan fingerprint density at radius 3 is 2.36 bits per heavy atom. The van der Waals surface area contributed by atoms with E-state index >= 15 is 0 Å². The van der Waals surface area contributed by atoms with E-state index in [1.165, 1.54) is 41.1 Å². The summed E-state index contributed by atoms with van der Waals surface area (Å²) >= 11 is 7.33. The van der Waals surface area contributed by atoms with E-state index in [0.717, 1.165) is 11.3 Å². The summed E-state index contributed by atoms with van der Waals surface area (Å²) in [6.45, 7) is 4.39. The van der Waals surface area contributed by atoms with Gasteiger partial charge in [0.1, 0.15) is 0 Å². The van der Waals surface area contributed by atoms with Crippen molar-refractivity contribution in [2.24, 2.45) is 0 Å². The van der Waals surface area contributed by atoms with Crippen molar-refractivity contribution in [3.8, 4) is 21.8 Å². The molecule has 2 nitrogen and oxygen atoms in total. The fourth-order valence-electron chi connectivity index (χ4n) is 2.67. The van der Waals surface area contributed by atoms with Gasteiger partial charge in [-0.3, -0.25) is 0 Å². The molecule has 0 saturated heterocycles. The fraction of sp³-hybridized carbons (Fsp3) is 0.118. The molecule has 3 aromatic heterocycles. The first-order valence-corrected chi connectivity index (χ1v) is 9.25. The van der Waals surface area contributed by atoms with E-state index in [4.69, 9.17) is 4.42 Å². The predicted molar refractivity (Wildman–Crippen MR) is 97.8 cm³/mol. The first-order chi connectivity index (χ1) is 10.6. The van der Waals surface area contributed by atoms with Crippen molar-refractivity contribution < 1.29 is 4.42 Å². The summed E-state index contributed by atoms with van der Waals surface area (Å²) in [7, 11) is 0. The summed E-state index contributed by atoms with van der Waals surface area (Å²) in [5.74, 6) is 0.801. The average molecular weight is 390 g/mol. The molecule has 5 heteroatoms. The molecule has 3 heterocycles. The Labute approximate surface area is 144 Å². The number of hydrogen-bond donors (Lipinski definition) is 0. The Balaban J connectivity index is 1.80. The number of nitrogens with zero attached hydrogens (tertiary/aromatic N) is 1. The highest BCUT2D eigenvalue weighted by atomic mass is 79.9. The molecule has 0 unspecified atom stereocenters. The van der Waals surface area contributed by atoms with Gasteiger partial charge in [-0.15, -0.1) is 22.7 Å². The summed E-state index contributed by atoms with van der Waals surface area (Å²) in [5, 5.41) is 1.40. The van der Waals surface area contributed by atoms with Crippen LogP contribution < -0.4 is 0 Å². The number of rotatable bonds is 2. The predicted octanol–water partition coefficient (Wildman–Crippen LogP) is 6.66. The molecule has 0 saturated carbocycles. The molecule has 0 radical (unpaired) electrons. The zero-order valence-electron chi connectivity index (χ0n) is 12.0. The fourth-order valence-corrected chi connectivity index (χ4v) is 6.27. The van der Waals surface area contributed by atoms with E-state index in [-0.39, 0.29) is 0 Å². The maximum absolute atomic E-state index is 5.34. The van der Waals surface area contributed by atoms with Crippen molar-refractivity contribution in [3.63, 3.8) is 0 Å². The van der Waals surface area contributed by atoms with Crippen LogP contribution in [0.3, 0.4) is 0 Å². The lowest BCUT2D eigenvalue weighted by Crippen LogP contribution is -1.79. The van der Waals surface area contributed by atoms with Gasteiger partial charge in [0.25, 0.3) is 0 Å². The maximum atomic E-state index is 5.34. The van der Waals surface area contributed by atoms with Crippen LogP contribution in [0.15, 0.2) is 45.1 Å². The van der Waals surface area contributed by atoms with Gasteiger partial charge in [0.15, 0.2) is 12.2 Å². The third kappa shape index (κ3) is 2.16. The highest BCUT2D eigenvalue weighted by Gasteiger charge is 2.16. The lowest BCUT2D eigenvalue weighted by molar-refractivity contribution is 0.572. The molecular formula is C17H12BrNOS2. The number of benzene rings is 1. The molecule has 0 atom stereocenters. The molecule has 4 aromatic rings. The summed E-state index contributed by atoms with van der Waals surface area (Å²) in [6.07, 6.45) is 3.20. The van der Waals surface area contributed by atoms with Crippen LogP contribution in [-0.2, 0) is 0 Å². The normalized spacial score (nSPS) is 11.4. The molecule has 1 aromatic carbocycles. The average Bonchev–Trinajstić information content (AvgIpc) is 3.21. The lowest BCUT2D eigenvalue weighted by Gasteiger charge is -2.02. The van der Waals surface area contributed by atoms with Gasteiger partial charge in [0.05, 0.1) is 14.0 Å². The first kappa shape index (κ1) is 14.2. The van der Waals surface area contributed by atoms with E-state index in [2.05, 4.69) is 59.0 Å². The Bertz CT molecular complexity index is 949. The number of thiophene rings is 2. The van der Waals surface area contributed by atoms with Gasteiger partial charge in [-0.05, 0) is 46.5 Å². The number of hydrogen-bond acceptors (Lipinski definition) is 4. The minimum atomic E-state index is 0.801. The van der Waals surface area contributed by atoms with E-state index in [1.54, 1.807) is 6.20 Å². The Morgan fingerprint density at radius 2 is 1.73 bits per heavy atom. The van der Waals surface area contributed by atoms with Gasteiger partial charge in [-0.1, -0.05) is 24.3 Å². The summed E-state index contributed by atoms with van der Waals surface area (Å²) in [5.41, 5.74) is 5.02. The van der Waals surface area contributed by atoms with Crippen LogP contribution >= 0.6 is 38.6 Å². The lowest BCUT2D eigenvalue weighted by atomic mass is 10.0. The molecule has 0 N–H and O–H groups in total. The first-order valence-electron chi connectivity index (χ1n) is 6.82. The maximum Gasteiger partial charge on any atom is 0.181 e. The second kappa shape index (κ2) is 5.33. The number of oxazole rings is 1. The summed E-state index contributed by atoms with van der Waals surface area (Å²) < 4.78 is 7.97. The van der Waals surface area contributed by atoms with E-state index in [1.807, 2.05) is 22.7 Å². The minimum absolute atomic E-state index is 0.801. The molecule has 0 fully saturated rings. The molecule has 22 heavy (non-hydrogen) atoms. The third-order valence-electron chi connectivity index (χ3n) is 3.83. The van der Waals surface area contributed by atoms with Gasteiger partial charge in [0.2, 0.25) is 0 Å². The van der Waals surface area contributed by atoms with Crippen LogP contribution in [0.25, 0.3) is 31.2 Å². The molecule has 0 amide bonds. The van der Waals surface area contributed by atoms with Crippen LogP contribution in [0, 0.1) is 13.8 Å². The van der Waals surface area contributed by atoms with Gasteiger partial charge in [-0.2, -0.15) is 0 Å². The second-order valence-electron chi connectivity index (χ2n) is 5.16. The molecule has 4 rings (SSSR count). The summed E-state index contributed by atoms with van der Waals surface area (Å²) in [6, 6.07) is 8.49. The standard InChI is InChI=1S/C17H12BrNOS2/c1-9-14-10(2)16(18)22-17(14)21-15(9)12-5-3-11(4-6-12)13-7-19-8-20-13/h3-8H,1-2H3. The number of aromatic nitrogens is 1. The largest absolute Gasteiger partial charge is 0.444 e. The monoisotopic (exact) mass is 389 g/mol. The van der Waals surface area contributed by atoms with Crippen LogP contribution in [-0.4, -0.2) is 4.98 Å². The Morgan fingerprint density at radius 1 is 1.00 bits per heavy atom. The van der Waals surface area contributed by atoms with Gasteiger partial charge in [-0.25, -0.2) is 4.98 Å². The highest BCUT2D eigenvalue weighted by molar-refractivity contribution is 9.11. The molecule has 110 valence electrons. The van der Waals surface area contributed by atoms with Gasteiger partial charge in [0, 0.05) is 15.8 Å². The molecular weight excluding hydrogens is 378 g/mol. The number of fused-ring (bicyclic) bond motifs is 1. The van der Waals surface area contributed by atoms with Gasteiger partial charge >= 0.3 is 0 Å². The van der Waals surface area contributed by atoms with Gasteiger partial charge < -0.3 is 4.42 Å². The van der Waals surface area contributed by atoms with E-state index < -0.39 is 0 Å². The van der Waals surface area contributed by atoms with E-state index in [9.17, 15) is 0 Å². The molecule has 0 spiro atoms. The van der Waals surface area contributed by atoms with Crippen LogP contribution in [0.5, 0.6) is 0 Å². The zero-order valence-corrected chi connectivity index (χ0v) is 15.2. The molecule has 0 aliphatic heterocycles. The van der Waals surface area contributed by atoms with Crippen molar-refractivity contribution in [3.05, 3.63) is 51.8 Å². The summed E-state index contributed by atoms with van der Waals surface area (Å²) in [4.78, 5) is 5.31. The van der Waals surface area contributed by atoms with E-state index in [0.29, 0.717) is 0 Å². The quantitative estimate of drug-likeness (QED) is 0.382. The molecule has 0 aliphatic rings. The third-order valence-corrected chi connectivity index (χ3v) is 7.42. The topological polar surface area (TPSA) is 26.0 Å². The van der Waals surface area contributed by atoms with Crippen LogP contribution in [0.2, 0.25) is 0 Å². The molecule has 0 bridgehead atoms. The van der Waals surface area contributed by atoms with Crippen LogP contribution in [0.1, 0.15) is 11.1 Å². The second-order valence-corrected chi connectivity index (χ2v) is 8.78. The van der Waals surface area contributed by atoms with Crippen molar-refractivity contribution in [2.45, 2.75) is 13.8 Å². The van der Waals surface area contributed by atoms with Crippen molar-refractivity contribution in [1.29, 1.82) is 0 Å².